The van der Waals surface area contributed by atoms with Crippen molar-refractivity contribution >= 4 is 23.3 Å². The van der Waals surface area contributed by atoms with Crippen LogP contribution in [0.3, 0.4) is 0 Å². The molecule has 0 radical (unpaired) electrons. The van der Waals surface area contributed by atoms with Crippen molar-refractivity contribution in [1.82, 2.24) is 10.3 Å². The Labute approximate surface area is 147 Å². The van der Waals surface area contributed by atoms with Crippen LogP contribution in [0.1, 0.15) is 44.5 Å². The summed E-state index contributed by atoms with van der Waals surface area (Å²) in [4.78, 5) is 16.3. The number of oxazole rings is 1. The molecule has 130 valence electrons. The Kier molecular flexibility index (Phi) is 5.89. The zero-order chi connectivity index (χ0) is 17.7. The first kappa shape index (κ1) is 18.3. The number of rotatable bonds is 5. The van der Waals surface area contributed by atoms with Crippen molar-refractivity contribution in [3.8, 4) is 0 Å². The van der Waals surface area contributed by atoms with Crippen LogP contribution in [0.4, 0.5) is 10.5 Å². The number of hydrogen-bond acceptors (Lipinski definition) is 3. The van der Waals surface area contributed by atoms with E-state index < -0.39 is 0 Å². The van der Waals surface area contributed by atoms with Gasteiger partial charge in [0.25, 0.3) is 0 Å². The first-order valence-electron chi connectivity index (χ1n) is 8.03. The molecule has 0 saturated heterocycles. The van der Waals surface area contributed by atoms with E-state index in [0.29, 0.717) is 17.3 Å². The number of nitrogens with one attached hydrogen (secondary N) is 2. The van der Waals surface area contributed by atoms with E-state index in [1.165, 1.54) is 0 Å². The number of urea groups is 1. The molecule has 0 aliphatic heterocycles. The molecule has 2 N–H and O–H groups in total. The Morgan fingerprint density at radius 3 is 2.71 bits per heavy atom. The average molecular weight is 350 g/mol. The predicted octanol–water partition coefficient (Wildman–Crippen LogP) is 4.69. The molecule has 0 fully saturated rings. The third-order valence-corrected chi connectivity index (χ3v) is 3.72. The van der Waals surface area contributed by atoms with Crippen LogP contribution in [-0.4, -0.2) is 17.6 Å². The van der Waals surface area contributed by atoms with Crippen molar-refractivity contribution < 1.29 is 9.21 Å². The molecule has 2 amide bonds. The van der Waals surface area contributed by atoms with Crippen molar-refractivity contribution in [3.63, 3.8) is 0 Å². The molecule has 0 aliphatic carbocycles. The van der Waals surface area contributed by atoms with Crippen LogP contribution in [-0.2, 0) is 11.8 Å². The lowest BCUT2D eigenvalue weighted by atomic mass is 9.97. The van der Waals surface area contributed by atoms with E-state index in [-0.39, 0.29) is 11.4 Å². The summed E-state index contributed by atoms with van der Waals surface area (Å²) in [6.07, 6.45) is 1.52. The predicted molar refractivity (Wildman–Crippen MR) is 96.7 cm³/mol. The number of nitrogens with zero attached hydrogens (tertiary/aromatic N) is 1. The number of halogens is 1. The van der Waals surface area contributed by atoms with Crippen LogP contribution in [0.5, 0.6) is 0 Å². The Bertz CT molecular complexity index is 705. The van der Waals surface area contributed by atoms with Gasteiger partial charge >= 0.3 is 6.03 Å². The number of carbonyl (C=O) groups excluding carboxylic acids is 1. The maximum atomic E-state index is 11.8. The van der Waals surface area contributed by atoms with Gasteiger partial charge in [0.2, 0.25) is 0 Å². The van der Waals surface area contributed by atoms with E-state index >= 15 is 0 Å². The van der Waals surface area contributed by atoms with Gasteiger partial charge in [0.15, 0.2) is 5.89 Å². The molecule has 2 rings (SSSR count). The van der Waals surface area contributed by atoms with E-state index in [1.807, 2.05) is 6.92 Å². The van der Waals surface area contributed by atoms with Gasteiger partial charge in [-0.25, -0.2) is 9.78 Å². The van der Waals surface area contributed by atoms with Gasteiger partial charge in [0.05, 0.1) is 5.69 Å². The van der Waals surface area contributed by atoms with E-state index in [9.17, 15) is 4.79 Å². The molecule has 0 spiro atoms. The Morgan fingerprint density at radius 2 is 2.08 bits per heavy atom. The minimum absolute atomic E-state index is 0.0991. The van der Waals surface area contributed by atoms with Crippen molar-refractivity contribution in [1.29, 1.82) is 0 Å². The molecular weight excluding hydrogens is 326 g/mol. The summed E-state index contributed by atoms with van der Waals surface area (Å²) < 4.78 is 5.84. The zero-order valence-corrected chi connectivity index (χ0v) is 15.3. The first-order valence-corrected chi connectivity index (χ1v) is 8.41. The van der Waals surface area contributed by atoms with Crippen LogP contribution in [0.2, 0.25) is 5.02 Å². The Balaban J connectivity index is 1.77. The van der Waals surface area contributed by atoms with E-state index in [1.54, 1.807) is 24.3 Å². The molecule has 1 heterocycles. The van der Waals surface area contributed by atoms with Crippen molar-refractivity contribution in [2.24, 2.45) is 0 Å². The van der Waals surface area contributed by atoms with Crippen LogP contribution < -0.4 is 10.6 Å². The highest BCUT2D eigenvalue weighted by molar-refractivity contribution is 6.30. The van der Waals surface area contributed by atoms with Gasteiger partial charge in [0.1, 0.15) is 5.76 Å². The summed E-state index contributed by atoms with van der Waals surface area (Å²) >= 11 is 5.88. The third kappa shape index (κ3) is 5.27. The third-order valence-electron chi connectivity index (χ3n) is 3.48. The van der Waals surface area contributed by atoms with Crippen LogP contribution >= 0.6 is 11.6 Å². The minimum atomic E-state index is -0.248. The molecule has 0 unspecified atom stereocenters. The largest absolute Gasteiger partial charge is 0.445 e. The summed E-state index contributed by atoms with van der Waals surface area (Å²) in [5.74, 6) is 1.64. The lowest BCUT2D eigenvalue weighted by Gasteiger charge is -2.12. The Hall–Kier alpha value is -2.01. The summed E-state index contributed by atoms with van der Waals surface area (Å²) in [5.41, 5.74) is 1.49. The Morgan fingerprint density at radius 1 is 1.33 bits per heavy atom. The highest BCUT2D eigenvalue weighted by Crippen LogP contribution is 2.24. The van der Waals surface area contributed by atoms with Gasteiger partial charge in [-0.2, -0.15) is 0 Å². The molecule has 2 aromatic rings. The minimum Gasteiger partial charge on any atom is -0.445 e. The number of anilines is 1. The summed E-state index contributed by atoms with van der Waals surface area (Å²) in [6.45, 7) is 8.72. The fourth-order valence-corrected chi connectivity index (χ4v) is 2.36. The zero-order valence-electron chi connectivity index (χ0n) is 14.6. The summed E-state index contributed by atoms with van der Waals surface area (Å²) in [7, 11) is 0. The second kappa shape index (κ2) is 7.71. The highest BCUT2D eigenvalue weighted by atomic mass is 35.5. The molecule has 0 bridgehead atoms. The molecule has 6 heteroatoms. The standard InChI is InChI=1S/C18H24ClN3O2/c1-12-15(24-16(21-12)18(2,3)4)9-6-10-20-17(23)22-14-8-5-7-13(19)11-14/h5,7-8,11H,6,9-10H2,1-4H3,(H2,20,22,23). The second-order valence-electron chi connectivity index (χ2n) is 6.77. The van der Waals surface area contributed by atoms with E-state index in [2.05, 4.69) is 36.4 Å². The fraction of sp³-hybridized carbons (Fsp3) is 0.444. The molecule has 24 heavy (non-hydrogen) atoms. The fourth-order valence-electron chi connectivity index (χ4n) is 2.17. The number of carbonyl (C=O) groups is 1. The highest BCUT2D eigenvalue weighted by Gasteiger charge is 2.21. The number of amides is 2. The number of aromatic nitrogens is 1. The molecule has 0 saturated carbocycles. The molecule has 0 atom stereocenters. The molecule has 5 nitrogen and oxygen atoms in total. The first-order chi connectivity index (χ1) is 11.3. The second-order valence-corrected chi connectivity index (χ2v) is 7.21. The van der Waals surface area contributed by atoms with Gasteiger partial charge in [0, 0.05) is 29.1 Å². The summed E-state index contributed by atoms with van der Waals surface area (Å²) in [5, 5.41) is 6.16. The number of hydrogen-bond donors (Lipinski definition) is 2. The normalized spacial score (nSPS) is 11.4. The van der Waals surface area contributed by atoms with Crippen LogP contribution in [0.15, 0.2) is 28.7 Å². The monoisotopic (exact) mass is 349 g/mol. The van der Waals surface area contributed by atoms with Crippen molar-refractivity contribution in [3.05, 3.63) is 46.6 Å². The van der Waals surface area contributed by atoms with E-state index in [0.717, 1.165) is 30.2 Å². The molecular formula is C18H24ClN3O2. The maximum absolute atomic E-state index is 11.8. The summed E-state index contributed by atoms with van der Waals surface area (Å²) in [6, 6.07) is 6.79. The quantitative estimate of drug-likeness (QED) is 0.769. The van der Waals surface area contributed by atoms with Crippen LogP contribution in [0, 0.1) is 6.92 Å². The van der Waals surface area contributed by atoms with Gasteiger partial charge in [-0.1, -0.05) is 38.4 Å². The molecule has 1 aromatic heterocycles. The van der Waals surface area contributed by atoms with Crippen LogP contribution in [0.25, 0.3) is 0 Å². The molecule has 1 aromatic carbocycles. The van der Waals surface area contributed by atoms with Crippen molar-refractivity contribution in [2.75, 3.05) is 11.9 Å². The van der Waals surface area contributed by atoms with Gasteiger partial charge < -0.3 is 15.1 Å². The lowest BCUT2D eigenvalue weighted by Crippen LogP contribution is -2.29. The maximum Gasteiger partial charge on any atom is 0.319 e. The average Bonchev–Trinajstić information content (AvgIpc) is 2.85. The van der Waals surface area contributed by atoms with Gasteiger partial charge in [-0.05, 0) is 31.5 Å². The van der Waals surface area contributed by atoms with Crippen molar-refractivity contribution in [2.45, 2.75) is 46.0 Å². The number of benzene rings is 1. The smallest absolute Gasteiger partial charge is 0.319 e. The topological polar surface area (TPSA) is 67.2 Å². The van der Waals surface area contributed by atoms with Gasteiger partial charge in [-0.3, -0.25) is 0 Å². The number of aryl methyl sites for hydroxylation is 2. The molecule has 0 aliphatic rings. The lowest BCUT2D eigenvalue weighted by molar-refractivity contribution is 0.252. The van der Waals surface area contributed by atoms with E-state index in [4.69, 9.17) is 16.0 Å². The van der Waals surface area contributed by atoms with Gasteiger partial charge in [-0.15, -0.1) is 0 Å². The SMILES string of the molecule is Cc1nc(C(C)(C)C)oc1CCCNC(=O)Nc1cccc(Cl)c1.